The third-order valence-corrected chi connectivity index (χ3v) is 3.27. The molecule has 0 fully saturated rings. The van der Waals surface area contributed by atoms with E-state index in [0.29, 0.717) is 13.0 Å². The van der Waals surface area contributed by atoms with Crippen molar-refractivity contribution in [1.29, 1.82) is 0 Å². The fourth-order valence-corrected chi connectivity index (χ4v) is 2.16. The van der Waals surface area contributed by atoms with Gasteiger partial charge in [-0.1, -0.05) is 32.0 Å². The number of carbonyl (C=O) groups excluding carboxylic acids is 1. The Morgan fingerprint density at radius 1 is 1.10 bits per heavy atom. The van der Waals surface area contributed by atoms with Crippen molar-refractivity contribution in [3.63, 3.8) is 0 Å². The number of benzene rings is 1. The van der Waals surface area contributed by atoms with Crippen molar-refractivity contribution in [2.75, 3.05) is 11.9 Å². The highest BCUT2D eigenvalue weighted by atomic mass is 16.1. The molecule has 0 radical (unpaired) electrons. The standard InChI is InChI=1S/C17H28N2O/c1-6-13-9-8-10-14(7-2)16(13)19-15(20)11-12-18-17(3,4)5/h8-10,18H,6-7,11-12H2,1-5H3,(H,19,20). The summed E-state index contributed by atoms with van der Waals surface area (Å²) in [6.07, 6.45) is 2.37. The Morgan fingerprint density at radius 3 is 2.10 bits per heavy atom. The maximum atomic E-state index is 12.1. The van der Waals surface area contributed by atoms with Crippen LogP contribution in [0.4, 0.5) is 5.69 Å². The van der Waals surface area contributed by atoms with Crippen molar-refractivity contribution in [3.05, 3.63) is 29.3 Å². The van der Waals surface area contributed by atoms with Crippen LogP contribution < -0.4 is 10.6 Å². The molecule has 112 valence electrons. The molecule has 0 atom stereocenters. The predicted molar refractivity (Wildman–Crippen MR) is 86.2 cm³/mol. The van der Waals surface area contributed by atoms with Crippen LogP contribution in [0.1, 0.15) is 52.2 Å². The minimum Gasteiger partial charge on any atom is -0.326 e. The van der Waals surface area contributed by atoms with Gasteiger partial charge >= 0.3 is 0 Å². The number of rotatable bonds is 6. The Balaban J connectivity index is 2.66. The zero-order chi connectivity index (χ0) is 15.2. The number of hydrogen-bond acceptors (Lipinski definition) is 2. The molecule has 0 saturated carbocycles. The predicted octanol–water partition coefficient (Wildman–Crippen LogP) is 3.53. The first-order chi connectivity index (χ1) is 9.37. The van der Waals surface area contributed by atoms with Gasteiger partial charge in [0.15, 0.2) is 0 Å². The largest absolute Gasteiger partial charge is 0.326 e. The second kappa shape index (κ2) is 7.44. The van der Waals surface area contributed by atoms with Gasteiger partial charge in [-0.3, -0.25) is 4.79 Å². The first kappa shape index (κ1) is 16.7. The molecule has 1 amide bonds. The summed E-state index contributed by atoms with van der Waals surface area (Å²) in [6, 6.07) is 6.23. The quantitative estimate of drug-likeness (QED) is 0.834. The highest BCUT2D eigenvalue weighted by Gasteiger charge is 2.12. The summed E-state index contributed by atoms with van der Waals surface area (Å²) in [5.41, 5.74) is 3.48. The summed E-state index contributed by atoms with van der Waals surface area (Å²) in [7, 11) is 0. The van der Waals surface area contributed by atoms with Crippen LogP contribution in [0.2, 0.25) is 0 Å². The number of hydrogen-bond donors (Lipinski definition) is 2. The van der Waals surface area contributed by atoms with E-state index in [1.54, 1.807) is 0 Å². The van der Waals surface area contributed by atoms with Crippen molar-refractivity contribution >= 4 is 11.6 Å². The van der Waals surface area contributed by atoms with Gasteiger partial charge in [0.1, 0.15) is 0 Å². The summed E-state index contributed by atoms with van der Waals surface area (Å²) >= 11 is 0. The van der Waals surface area contributed by atoms with Gasteiger partial charge in [-0.25, -0.2) is 0 Å². The summed E-state index contributed by atoms with van der Waals surface area (Å²) in [6.45, 7) is 11.2. The lowest BCUT2D eigenvalue weighted by molar-refractivity contribution is -0.116. The zero-order valence-corrected chi connectivity index (χ0v) is 13.5. The molecule has 3 heteroatoms. The van der Waals surface area contributed by atoms with Gasteiger partial charge < -0.3 is 10.6 Å². The molecule has 2 N–H and O–H groups in total. The van der Waals surface area contributed by atoms with Crippen molar-refractivity contribution in [1.82, 2.24) is 5.32 Å². The van der Waals surface area contributed by atoms with Crippen LogP contribution >= 0.6 is 0 Å². The molecule has 0 saturated heterocycles. The van der Waals surface area contributed by atoms with E-state index in [1.807, 2.05) is 0 Å². The Morgan fingerprint density at radius 2 is 1.65 bits per heavy atom. The van der Waals surface area contributed by atoms with Crippen LogP contribution in [-0.4, -0.2) is 18.0 Å². The third kappa shape index (κ3) is 5.33. The SMILES string of the molecule is CCc1cccc(CC)c1NC(=O)CCNC(C)(C)C. The van der Waals surface area contributed by atoms with Crippen molar-refractivity contribution in [3.8, 4) is 0 Å². The van der Waals surface area contributed by atoms with Crippen LogP contribution in [0.5, 0.6) is 0 Å². The molecule has 0 aromatic heterocycles. The number of aryl methyl sites for hydroxylation is 2. The van der Waals surface area contributed by atoms with Gasteiger partial charge in [-0.2, -0.15) is 0 Å². The van der Waals surface area contributed by atoms with Gasteiger partial charge in [-0.15, -0.1) is 0 Å². The van der Waals surface area contributed by atoms with E-state index in [4.69, 9.17) is 0 Å². The Kier molecular flexibility index (Phi) is 6.21. The van der Waals surface area contributed by atoms with Gasteiger partial charge in [0, 0.05) is 24.2 Å². The molecule has 0 spiro atoms. The maximum absolute atomic E-state index is 12.1. The molecule has 3 nitrogen and oxygen atoms in total. The van der Waals surface area contributed by atoms with Crippen molar-refractivity contribution < 1.29 is 4.79 Å². The van der Waals surface area contributed by atoms with Gasteiger partial charge in [0.05, 0.1) is 0 Å². The monoisotopic (exact) mass is 276 g/mol. The highest BCUT2D eigenvalue weighted by molar-refractivity contribution is 5.92. The third-order valence-electron chi connectivity index (χ3n) is 3.27. The van der Waals surface area contributed by atoms with E-state index in [0.717, 1.165) is 18.5 Å². The summed E-state index contributed by atoms with van der Waals surface area (Å²) in [5, 5.41) is 6.42. The van der Waals surface area contributed by atoms with Gasteiger partial charge in [0.25, 0.3) is 0 Å². The molecule has 20 heavy (non-hydrogen) atoms. The molecule has 0 heterocycles. The molecule has 1 aromatic carbocycles. The van der Waals surface area contributed by atoms with Gasteiger partial charge in [0.2, 0.25) is 5.91 Å². The zero-order valence-electron chi connectivity index (χ0n) is 13.5. The molecule has 0 aliphatic heterocycles. The molecule has 0 aliphatic carbocycles. The van der Waals surface area contributed by atoms with Crippen LogP contribution in [-0.2, 0) is 17.6 Å². The Hall–Kier alpha value is -1.35. The van der Waals surface area contributed by atoms with Crippen molar-refractivity contribution in [2.45, 2.75) is 59.4 Å². The topological polar surface area (TPSA) is 41.1 Å². The second-order valence-electron chi connectivity index (χ2n) is 6.13. The van der Waals surface area contributed by atoms with Crippen molar-refractivity contribution in [2.24, 2.45) is 0 Å². The highest BCUT2D eigenvalue weighted by Crippen LogP contribution is 2.22. The summed E-state index contributed by atoms with van der Waals surface area (Å²) in [5.74, 6) is 0.0809. The molecular formula is C17H28N2O. The summed E-state index contributed by atoms with van der Waals surface area (Å²) < 4.78 is 0. The number of para-hydroxylation sites is 1. The Bertz CT molecular complexity index is 425. The van der Waals surface area contributed by atoms with E-state index in [9.17, 15) is 4.79 Å². The number of amides is 1. The second-order valence-corrected chi connectivity index (χ2v) is 6.13. The fourth-order valence-electron chi connectivity index (χ4n) is 2.16. The molecule has 0 unspecified atom stereocenters. The van der Waals surface area contributed by atoms with Crippen LogP contribution in [0.3, 0.4) is 0 Å². The average molecular weight is 276 g/mol. The maximum Gasteiger partial charge on any atom is 0.225 e. The Labute approximate surface area is 123 Å². The van der Waals surface area contributed by atoms with E-state index in [1.165, 1.54) is 11.1 Å². The molecule has 0 aliphatic rings. The fraction of sp³-hybridized carbons (Fsp3) is 0.588. The van der Waals surface area contributed by atoms with E-state index in [-0.39, 0.29) is 11.4 Å². The van der Waals surface area contributed by atoms with Crippen LogP contribution in [0.15, 0.2) is 18.2 Å². The average Bonchev–Trinajstić information content (AvgIpc) is 2.37. The number of anilines is 1. The molecular weight excluding hydrogens is 248 g/mol. The minimum atomic E-state index is 0.0518. The number of nitrogens with one attached hydrogen (secondary N) is 2. The number of carbonyl (C=O) groups is 1. The van der Waals surface area contributed by atoms with Gasteiger partial charge in [-0.05, 0) is 44.7 Å². The van der Waals surface area contributed by atoms with E-state index < -0.39 is 0 Å². The van der Waals surface area contributed by atoms with Crippen LogP contribution in [0.25, 0.3) is 0 Å². The van der Waals surface area contributed by atoms with E-state index >= 15 is 0 Å². The molecule has 1 aromatic rings. The first-order valence-corrected chi connectivity index (χ1v) is 7.53. The van der Waals surface area contributed by atoms with Crippen LogP contribution in [0, 0.1) is 0 Å². The van der Waals surface area contributed by atoms with E-state index in [2.05, 4.69) is 63.5 Å². The lowest BCUT2D eigenvalue weighted by atomic mass is 10.0. The molecule has 1 rings (SSSR count). The minimum absolute atomic E-state index is 0.0518. The molecule has 0 bridgehead atoms. The lowest BCUT2D eigenvalue weighted by Gasteiger charge is -2.20. The smallest absolute Gasteiger partial charge is 0.225 e. The summed E-state index contributed by atoms with van der Waals surface area (Å²) in [4.78, 5) is 12.1. The lowest BCUT2D eigenvalue weighted by Crippen LogP contribution is -2.37. The first-order valence-electron chi connectivity index (χ1n) is 7.53. The normalized spacial score (nSPS) is 11.4.